The van der Waals surface area contributed by atoms with Gasteiger partial charge in [-0.1, -0.05) is 24.3 Å². The second-order valence-corrected chi connectivity index (χ2v) is 29.1. The zero-order chi connectivity index (χ0) is 63.2. The Morgan fingerprint density at radius 3 is 2.36 bits per heavy atom. The quantitative estimate of drug-likeness (QED) is 0.0379. The van der Waals surface area contributed by atoms with Crippen LogP contribution >= 0.6 is 18.9 Å². The number of rotatable bonds is 20. The van der Waals surface area contributed by atoms with Crippen molar-refractivity contribution in [2.45, 2.75) is 155 Å². The molecule has 4 fully saturated rings. The lowest BCUT2D eigenvalue weighted by Gasteiger charge is -2.39. The van der Waals surface area contributed by atoms with Gasteiger partial charge in [0, 0.05) is 77.3 Å². The minimum atomic E-state index is -5.93. The summed E-state index contributed by atoms with van der Waals surface area (Å²) in [4.78, 5) is 147. The molecule has 10 rings (SSSR count). The first kappa shape index (κ1) is 63.8. The van der Waals surface area contributed by atoms with Gasteiger partial charge in [0.15, 0.2) is 9.84 Å². The number of hydrogen-bond acceptors (Lipinski definition) is 15. The van der Waals surface area contributed by atoms with Crippen molar-refractivity contribution in [2.75, 3.05) is 39.3 Å². The third-order valence-corrected chi connectivity index (χ3v) is 22.2. The number of carbonyl (C=O) groups is 9. The van der Waals surface area contributed by atoms with E-state index in [0.717, 1.165) is 60.5 Å². The largest absolute Gasteiger partial charge is 0.492 e. The van der Waals surface area contributed by atoms with Crippen LogP contribution in [0.3, 0.4) is 0 Å². The lowest BCUT2D eigenvalue weighted by Crippen LogP contribution is -2.62. The molecule has 6 aliphatic rings. The Kier molecular flexibility index (Phi) is 18.4. The van der Waals surface area contributed by atoms with Crippen molar-refractivity contribution in [3.05, 3.63) is 93.4 Å². The number of alkyl halides is 2. The zero-order valence-corrected chi connectivity index (χ0v) is 51.0. The number of hydrogen-bond donors (Lipinski definition) is 7. The number of thiophene rings is 1. The molecule has 0 unspecified atom stereocenters. The van der Waals surface area contributed by atoms with E-state index in [1.54, 1.807) is 13.8 Å². The predicted octanol–water partition coefficient (Wildman–Crippen LogP) is 3.42. The normalized spacial score (nSPS) is 21.7. The number of fused-ring (bicyclic) bond motifs is 6. The van der Waals surface area contributed by atoms with E-state index in [1.807, 2.05) is 12.1 Å². The van der Waals surface area contributed by atoms with Gasteiger partial charge in [0.2, 0.25) is 41.4 Å². The number of carbonyl (C=O) groups excluding carboxylic acids is 9. The maximum absolute atomic E-state index is 15.0. The standard InChI is InChI=1S/C59H70F2N9O15PS2/c1-33(2)88(83,84)38-10-6-34(7-11-38)29-63-52(74)42(14-18-48(62)71)64-54(76)45-15-9-37-20-24-68(31-43(57(79)70(37)45)65-55(77)47-28-35-27-36(8-17-46(35)87-47)59(60,61)86(80,81)82)50(73)5-3-4-23-67-25-21-58(22-26-67)32-85-51-40-30-69(44-16-19-49(72)66-53(44)75)56(78)39(40)12-13-41(51)58/h6-8,10-13,17,27-28,33,37,42-45H,3-5,9,14-16,18-26,29-32H2,1-2H3,(H2,62,71)(H,63,74)(H,64,76)(H,65,77)(H,66,72,75)(H2,80,81,82)/t37-,42+,43+,44+,45+/m1/s1. The Morgan fingerprint density at radius 1 is 0.932 bits per heavy atom. The van der Waals surface area contributed by atoms with Gasteiger partial charge >= 0.3 is 13.3 Å². The molecule has 5 atom stereocenters. The van der Waals surface area contributed by atoms with Crippen LogP contribution in [0.25, 0.3) is 10.1 Å². The first-order chi connectivity index (χ1) is 41.6. The van der Waals surface area contributed by atoms with Crippen molar-refractivity contribution in [3.8, 4) is 5.75 Å². The average molecular weight is 1280 g/mol. The van der Waals surface area contributed by atoms with Crippen molar-refractivity contribution in [1.29, 1.82) is 0 Å². The number of primary amides is 1. The highest BCUT2D eigenvalue weighted by atomic mass is 32.2. The van der Waals surface area contributed by atoms with Crippen LogP contribution in [-0.4, -0.2) is 166 Å². The molecular formula is C59H70F2N9O15PS2. The zero-order valence-electron chi connectivity index (χ0n) is 48.5. The summed E-state index contributed by atoms with van der Waals surface area (Å²) in [5.74, 6) is -4.44. The predicted molar refractivity (Wildman–Crippen MR) is 314 cm³/mol. The van der Waals surface area contributed by atoms with Gasteiger partial charge in [-0.05, 0) is 139 Å². The average Bonchev–Trinajstić information content (AvgIpc) is 1.61. The highest BCUT2D eigenvalue weighted by molar-refractivity contribution is 7.92. The number of imide groups is 1. The molecule has 9 amide bonds. The first-order valence-electron chi connectivity index (χ1n) is 29.4. The molecule has 1 aromatic heterocycles. The van der Waals surface area contributed by atoms with E-state index < -0.39 is 99.6 Å². The van der Waals surface area contributed by atoms with Crippen LogP contribution in [0, 0.1) is 0 Å². The van der Waals surface area contributed by atoms with E-state index >= 15 is 4.79 Å². The molecule has 0 radical (unpaired) electrons. The van der Waals surface area contributed by atoms with Gasteiger partial charge in [-0.2, -0.15) is 8.78 Å². The van der Waals surface area contributed by atoms with E-state index in [9.17, 15) is 69.9 Å². The smallest absolute Gasteiger partial charge is 0.399 e. The molecule has 0 saturated carbocycles. The van der Waals surface area contributed by atoms with Crippen LogP contribution in [0.5, 0.6) is 5.75 Å². The Bertz CT molecular complexity index is 3650. The number of sulfone groups is 1. The first-order valence-corrected chi connectivity index (χ1v) is 33.4. The molecule has 472 valence electrons. The summed E-state index contributed by atoms with van der Waals surface area (Å²) < 4.78 is 73.2. The molecule has 7 heterocycles. The molecule has 0 aliphatic carbocycles. The Labute approximate surface area is 509 Å². The SMILES string of the molecule is CC(C)S(=O)(=O)c1ccc(CNC(=O)[C@H](CCC(N)=O)NC(=O)[C@@H]2CC[C@@H]3CCN(C(=O)CCCCN4CCC5(CC4)COc4c5ccc5c4CN([C@H]4CCC(=O)NC4=O)C5=O)C[C@H](NC(=O)c4cc5cc(C(F)(F)P(=O)(O)O)ccc5s4)C(=O)N32)cc1. The molecule has 3 aromatic carbocycles. The number of nitrogens with two attached hydrogens (primary N) is 1. The van der Waals surface area contributed by atoms with E-state index in [1.165, 1.54) is 51.1 Å². The Morgan fingerprint density at radius 2 is 1.67 bits per heavy atom. The number of ether oxygens (including phenoxy) is 1. The second kappa shape index (κ2) is 25.3. The van der Waals surface area contributed by atoms with Crippen molar-refractivity contribution < 1.29 is 79.4 Å². The van der Waals surface area contributed by atoms with Gasteiger partial charge in [0.05, 0.1) is 28.2 Å². The molecule has 24 nitrogen and oxygen atoms in total. The number of likely N-dealkylation sites (tertiary alicyclic amines) is 1. The number of nitrogens with one attached hydrogen (secondary N) is 4. The number of halogens is 2. The summed E-state index contributed by atoms with van der Waals surface area (Å²) in [6.45, 7) is 5.69. The van der Waals surface area contributed by atoms with Gasteiger partial charge in [-0.3, -0.25) is 53.0 Å². The van der Waals surface area contributed by atoms with Crippen LogP contribution in [-0.2, 0) is 72.1 Å². The van der Waals surface area contributed by atoms with Crippen LogP contribution in [0.2, 0.25) is 0 Å². The lowest BCUT2D eigenvalue weighted by molar-refractivity contribution is -0.145. The number of benzene rings is 3. The number of unbranched alkanes of at least 4 members (excludes halogenated alkanes) is 1. The fourth-order valence-corrected chi connectivity index (χ4v) is 15.3. The molecule has 1 spiro atoms. The molecule has 8 N–H and O–H groups in total. The Hall–Kier alpha value is -7.23. The monoisotopic (exact) mass is 1280 g/mol. The minimum Gasteiger partial charge on any atom is -0.492 e. The third-order valence-electron chi connectivity index (χ3n) is 17.9. The molecule has 6 aliphatic heterocycles. The van der Waals surface area contributed by atoms with Gasteiger partial charge in [-0.15, -0.1) is 11.3 Å². The van der Waals surface area contributed by atoms with Crippen molar-refractivity contribution in [3.63, 3.8) is 0 Å². The molecule has 4 aromatic rings. The maximum atomic E-state index is 15.0. The summed E-state index contributed by atoms with van der Waals surface area (Å²) >= 11 is 0.863. The Balaban J connectivity index is 0.793. The highest BCUT2D eigenvalue weighted by Gasteiger charge is 2.52. The number of piperidine rings is 2. The van der Waals surface area contributed by atoms with Crippen molar-refractivity contribution in [1.82, 2.24) is 40.9 Å². The van der Waals surface area contributed by atoms with Crippen LogP contribution in [0.1, 0.15) is 133 Å². The summed E-state index contributed by atoms with van der Waals surface area (Å²) in [5, 5.41) is 9.88. The number of nitrogens with zero attached hydrogens (tertiary/aromatic N) is 4. The van der Waals surface area contributed by atoms with Crippen LogP contribution in [0.4, 0.5) is 8.78 Å². The summed E-state index contributed by atoms with van der Waals surface area (Å²) in [6.07, 6.45) is 3.38. The fraction of sp³-hybridized carbons (Fsp3) is 0.508. The highest BCUT2D eigenvalue weighted by Crippen LogP contribution is 2.59. The van der Waals surface area contributed by atoms with Crippen LogP contribution in [0.15, 0.2) is 65.6 Å². The van der Waals surface area contributed by atoms with Gasteiger partial charge in [-0.25, -0.2) is 8.42 Å². The van der Waals surface area contributed by atoms with E-state index in [0.29, 0.717) is 54.0 Å². The third kappa shape index (κ3) is 13.0. The van der Waals surface area contributed by atoms with E-state index in [2.05, 4.69) is 26.2 Å². The molecular weight excluding hydrogens is 1210 g/mol. The topological polar surface area (TPSA) is 342 Å². The van der Waals surface area contributed by atoms with E-state index in [4.69, 9.17) is 10.5 Å². The molecule has 88 heavy (non-hydrogen) atoms. The van der Waals surface area contributed by atoms with Gasteiger partial charge in [0.1, 0.15) is 29.9 Å². The van der Waals surface area contributed by atoms with E-state index in [-0.39, 0.29) is 109 Å². The number of amides is 9. The minimum absolute atomic E-state index is 0.0573. The fourth-order valence-electron chi connectivity index (χ4n) is 12.8. The van der Waals surface area contributed by atoms with Crippen molar-refractivity contribution >= 4 is 92.0 Å². The lowest BCUT2D eigenvalue weighted by atomic mass is 9.74. The molecule has 0 bridgehead atoms. The second-order valence-electron chi connectivity index (χ2n) is 23.9. The summed E-state index contributed by atoms with van der Waals surface area (Å²) in [5.41, 5.74) is 2.50. The maximum Gasteiger partial charge on any atom is 0.399 e. The molecule has 4 saturated heterocycles. The molecule has 29 heteroatoms. The summed E-state index contributed by atoms with van der Waals surface area (Å²) in [6, 6.07) is 8.51. The van der Waals surface area contributed by atoms with Crippen molar-refractivity contribution in [2.24, 2.45) is 5.73 Å². The van der Waals surface area contributed by atoms with Gasteiger partial charge in [0.25, 0.3) is 11.8 Å². The van der Waals surface area contributed by atoms with Crippen LogP contribution < -0.4 is 31.7 Å². The van der Waals surface area contributed by atoms with Gasteiger partial charge < -0.3 is 55.8 Å². The summed E-state index contributed by atoms with van der Waals surface area (Å²) in [7, 11) is -9.50.